The Balaban J connectivity index is 1.28. The van der Waals surface area contributed by atoms with Crippen molar-refractivity contribution < 1.29 is 9.53 Å². The maximum Gasteiger partial charge on any atom is 0.410 e. The Bertz CT molecular complexity index is 1370. The molecule has 10 nitrogen and oxygen atoms in total. The van der Waals surface area contributed by atoms with Crippen LogP contribution in [0.2, 0.25) is 0 Å². The largest absolute Gasteiger partial charge is 0.444 e. The zero-order valence-corrected chi connectivity index (χ0v) is 21.5. The van der Waals surface area contributed by atoms with Gasteiger partial charge in [0, 0.05) is 30.1 Å². The van der Waals surface area contributed by atoms with Crippen molar-refractivity contribution >= 4 is 6.09 Å². The fourth-order valence-corrected chi connectivity index (χ4v) is 4.37. The van der Waals surface area contributed by atoms with Gasteiger partial charge in [-0.15, -0.1) is 0 Å². The van der Waals surface area contributed by atoms with Crippen molar-refractivity contribution in [2.24, 2.45) is 5.73 Å². The van der Waals surface area contributed by atoms with Gasteiger partial charge in [0.15, 0.2) is 5.82 Å². The standard InChI is InChI=1S/C27H32N8O2/c1-16(28)23-31-14-20(33-23)17-7-9-18(10-8-17)24-29-12-19(13-30-24)21-15-32-25(34-21)22-6-5-11-35(22)26(36)37-27(2,3)4/h7-10,12-16,22H,5-6,11,28H2,1-4H3,(H,31,33)(H,32,34)/t16-,22-/m0/s1. The second kappa shape index (κ2) is 9.78. The summed E-state index contributed by atoms with van der Waals surface area (Å²) in [5, 5.41) is 0. The molecule has 5 rings (SSSR count). The summed E-state index contributed by atoms with van der Waals surface area (Å²) in [5.74, 6) is 2.12. The third-order valence-corrected chi connectivity index (χ3v) is 6.24. The van der Waals surface area contributed by atoms with Crippen LogP contribution in [0.3, 0.4) is 0 Å². The van der Waals surface area contributed by atoms with Gasteiger partial charge >= 0.3 is 6.09 Å². The van der Waals surface area contributed by atoms with Crippen LogP contribution in [-0.4, -0.2) is 53.0 Å². The predicted molar refractivity (Wildman–Crippen MR) is 140 cm³/mol. The Kier molecular flexibility index (Phi) is 6.51. The number of ether oxygens (including phenoxy) is 1. The number of rotatable bonds is 5. The maximum absolute atomic E-state index is 12.7. The van der Waals surface area contributed by atoms with Crippen molar-refractivity contribution in [1.82, 2.24) is 34.8 Å². The molecule has 0 bridgehead atoms. The molecule has 3 aromatic heterocycles. The molecule has 4 heterocycles. The number of aromatic amines is 2. The Labute approximate surface area is 215 Å². The van der Waals surface area contributed by atoms with E-state index in [4.69, 9.17) is 10.5 Å². The van der Waals surface area contributed by atoms with Crippen molar-refractivity contribution in [3.05, 3.63) is 60.7 Å². The second-order valence-corrected chi connectivity index (χ2v) is 10.4. The monoisotopic (exact) mass is 500 g/mol. The summed E-state index contributed by atoms with van der Waals surface area (Å²) in [6.07, 6.45) is 8.53. The van der Waals surface area contributed by atoms with Gasteiger partial charge in [0.05, 0.1) is 35.9 Å². The highest BCUT2D eigenvalue weighted by molar-refractivity contribution is 5.69. The minimum absolute atomic E-state index is 0.138. The molecule has 2 atom stereocenters. The number of nitrogens with zero attached hydrogens (tertiary/aromatic N) is 5. The van der Waals surface area contributed by atoms with Crippen molar-refractivity contribution in [2.45, 2.75) is 58.2 Å². The zero-order valence-electron chi connectivity index (χ0n) is 21.5. The molecule has 4 N–H and O–H groups in total. The van der Waals surface area contributed by atoms with Crippen molar-refractivity contribution in [3.8, 4) is 33.9 Å². The zero-order chi connectivity index (χ0) is 26.2. The molecule has 0 spiro atoms. The molecule has 1 aliphatic rings. The van der Waals surface area contributed by atoms with Gasteiger partial charge in [0.1, 0.15) is 17.2 Å². The molecule has 1 fully saturated rings. The number of amides is 1. The lowest BCUT2D eigenvalue weighted by Crippen LogP contribution is -2.36. The maximum atomic E-state index is 12.7. The molecule has 0 aliphatic carbocycles. The number of imidazole rings is 2. The average molecular weight is 501 g/mol. The molecule has 10 heteroatoms. The van der Waals surface area contributed by atoms with E-state index in [-0.39, 0.29) is 18.2 Å². The van der Waals surface area contributed by atoms with Gasteiger partial charge in [-0.2, -0.15) is 0 Å². The van der Waals surface area contributed by atoms with E-state index in [0.29, 0.717) is 12.4 Å². The minimum Gasteiger partial charge on any atom is -0.444 e. The number of aromatic nitrogens is 6. The molecule has 37 heavy (non-hydrogen) atoms. The molecule has 4 aromatic rings. The summed E-state index contributed by atoms with van der Waals surface area (Å²) in [4.78, 5) is 39.0. The quantitative estimate of drug-likeness (QED) is 0.350. The van der Waals surface area contributed by atoms with Crippen LogP contribution in [0, 0.1) is 0 Å². The molecule has 1 aliphatic heterocycles. The molecular weight excluding hydrogens is 468 g/mol. The number of nitrogens with two attached hydrogens (primary N) is 1. The Morgan fingerprint density at radius 2 is 1.62 bits per heavy atom. The van der Waals surface area contributed by atoms with E-state index in [9.17, 15) is 4.79 Å². The van der Waals surface area contributed by atoms with Crippen LogP contribution in [0.4, 0.5) is 4.79 Å². The molecule has 0 radical (unpaired) electrons. The van der Waals surface area contributed by atoms with Crippen LogP contribution in [0.1, 0.15) is 64.3 Å². The van der Waals surface area contributed by atoms with E-state index in [1.807, 2.05) is 52.0 Å². The summed E-state index contributed by atoms with van der Waals surface area (Å²) < 4.78 is 5.58. The highest BCUT2D eigenvalue weighted by Gasteiger charge is 2.34. The lowest BCUT2D eigenvalue weighted by molar-refractivity contribution is 0.0218. The molecule has 1 amide bonds. The Hall–Kier alpha value is -4.05. The average Bonchev–Trinajstić information content (AvgIpc) is 3.64. The minimum atomic E-state index is -0.538. The van der Waals surface area contributed by atoms with Gasteiger partial charge in [0.2, 0.25) is 0 Å². The lowest BCUT2D eigenvalue weighted by Gasteiger charge is -2.27. The van der Waals surface area contributed by atoms with Gasteiger partial charge in [-0.1, -0.05) is 24.3 Å². The summed E-state index contributed by atoms with van der Waals surface area (Å²) in [5.41, 5.74) is 9.81. The van der Waals surface area contributed by atoms with Gasteiger partial charge in [-0.05, 0) is 46.1 Å². The van der Waals surface area contributed by atoms with Crippen LogP contribution in [0.15, 0.2) is 49.1 Å². The number of H-pyrrole nitrogens is 2. The second-order valence-electron chi connectivity index (χ2n) is 10.4. The van der Waals surface area contributed by atoms with Crippen molar-refractivity contribution in [2.75, 3.05) is 6.54 Å². The fraction of sp³-hybridized carbons (Fsp3) is 0.370. The molecule has 0 unspecified atom stereocenters. The highest BCUT2D eigenvalue weighted by Crippen LogP contribution is 2.33. The Morgan fingerprint density at radius 3 is 2.27 bits per heavy atom. The topological polar surface area (TPSA) is 139 Å². The third kappa shape index (κ3) is 5.39. The summed E-state index contributed by atoms with van der Waals surface area (Å²) in [6, 6.07) is 7.69. The van der Waals surface area contributed by atoms with E-state index in [2.05, 4.69) is 29.9 Å². The SMILES string of the molecule is C[C@H](N)c1ncc(-c2ccc(-c3ncc(-c4cnc([C@@H]5CCCN5C(=O)OC(C)(C)C)[nH]4)cn3)cc2)[nH]1. The van der Waals surface area contributed by atoms with Gasteiger partial charge in [-0.25, -0.2) is 24.7 Å². The van der Waals surface area contributed by atoms with E-state index in [1.165, 1.54) is 0 Å². The first kappa shape index (κ1) is 24.6. The van der Waals surface area contributed by atoms with Crippen LogP contribution < -0.4 is 5.73 Å². The first-order valence-electron chi connectivity index (χ1n) is 12.5. The number of carbonyl (C=O) groups is 1. The predicted octanol–water partition coefficient (Wildman–Crippen LogP) is 5.02. The first-order valence-corrected chi connectivity index (χ1v) is 12.5. The third-order valence-electron chi connectivity index (χ3n) is 6.24. The van der Waals surface area contributed by atoms with Crippen LogP contribution in [0.25, 0.3) is 33.9 Å². The summed E-state index contributed by atoms with van der Waals surface area (Å²) in [6.45, 7) is 8.16. The molecular formula is C27H32N8O2. The van der Waals surface area contributed by atoms with E-state index >= 15 is 0 Å². The van der Waals surface area contributed by atoms with Gasteiger partial charge in [-0.3, -0.25) is 4.90 Å². The number of likely N-dealkylation sites (tertiary alicyclic amines) is 1. The van der Waals surface area contributed by atoms with Crippen LogP contribution >= 0.6 is 0 Å². The lowest BCUT2D eigenvalue weighted by atomic mass is 10.1. The number of benzene rings is 1. The number of hydrogen-bond acceptors (Lipinski definition) is 7. The smallest absolute Gasteiger partial charge is 0.410 e. The van der Waals surface area contributed by atoms with Gasteiger partial charge in [0.25, 0.3) is 0 Å². The van der Waals surface area contributed by atoms with Gasteiger partial charge < -0.3 is 20.4 Å². The Morgan fingerprint density at radius 1 is 0.973 bits per heavy atom. The molecule has 192 valence electrons. The van der Waals surface area contributed by atoms with Crippen molar-refractivity contribution in [1.29, 1.82) is 0 Å². The highest BCUT2D eigenvalue weighted by atomic mass is 16.6. The summed E-state index contributed by atoms with van der Waals surface area (Å²) in [7, 11) is 0. The van der Waals surface area contributed by atoms with E-state index < -0.39 is 5.60 Å². The number of carbonyl (C=O) groups excluding carboxylic acids is 1. The number of hydrogen-bond donors (Lipinski definition) is 3. The number of nitrogens with one attached hydrogen (secondary N) is 2. The van der Waals surface area contributed by atoms with Crippen LogP contribution in [-0.2, 0) is 4.74 Å². The fourth-order valence-electron chi connectivity index (χ4n) is 4.37. The molecule has 0 saturated carbocycles. The molecule has 1 saturated heterocycles. The summed E-state index contributed by atoms with van der Waals surface area (Å²) >= 11 is 0. The van der Waals surface area contributed by atoms with E-state index in [0.717, 1.165) is 52.6 Å². The van der Waals surface area contributed by atoms with Crippen LogP contribution in [0.5, 0.6) is 0 Å². The molecule has 1 aromatic carbocycles. The normalized spacial score (nSPS) is 16.7. The van der Waals surface area contributed by atoms with Crippen molar-refractivity contribution in [3.63, 3.8) is 0 Å². The van der Waals surface area contributed by atoms with E-state index in [1.54, 1.807) is 29.7 Å². The first-order chi connectivity index (χ1) is 17.7.